The highest BCUT2D eigenvalue weighted by molar-refractivity contribution is 7.89. The van der Waals surface area contributed by atoms with Gasteiger partial charge in [0.25, 0.3) is 5.91 Å². The molecule has 0 saturated heterocycles. The highest BCUT2D eigenvalue weighted by atomic mass is 32.2. The zero-order valence-electron chi connectivity index (χ0n) is 11.1. The van der Waals surface area contributed by atoms with Crippen LogP contribution in [-0.4, -0.2) is 27.5 Å². The molecule has 6 nitrogen and oxygen atoms in total. The Hall–Kier alpha value is -1.44. The summed E-state index contributed by atoms with van der Waals surface area (Å²) in [4.78, 5) is 11.8. The Balaban J connectivity index is 3.24. The maximum absolute atomic E-state index is 11.9. The normalized spacial score (nSPS) is 11.6. The van der Waals surface area contributed by atoms with E-state index in [0.717, 1.165) is 0 Å². The summed E-state index contributed by atoms with van der Waals surface area (Å²) < 4.78 is 27.7. The Morgan fingerprint density at radius 3 is 2.47 bits per heavy atom. The number of sulfonamides is 1. The van der Waals surface area contributed by atoms with Gasteiger partial charge in [-0.1, -0.05) is 0 Å². The maximum atomic E-state index is 11.9. The molecule has 1 aromatic rings. The number of ether oxygens (including phenoxy) is 1. The van der Waals surface area contributed by atoms with Crippen molar-refractivity contribution in [1.29, 1.82) is 0 Å². The van der Waals surface area contributed by atoms with Crippen molar-refractivity contribution in [3.8, 4) is 0 Å². The molecule has 19 heavy (non-hydrogen) atoms. The molecule has 3 N–H and O–H groups in total. The van der Waals surface area contributed by atoms with E-state index in [-0.39, 0.29) is 29.0 Å². The molecule has 106 valence electrons. The molecule has 1 aromatic carbocycles. The molecule has 0 heterocycles. The van der Waals surface area contributed by atoms with Crippen LogP contribution in [0, 0.1) is 0 Å². The third-order valence-corrected chi connectivity index (χ3v) is 3.18. The van der Waals surface area contributed by atoms with Crippen LogP contribution >= 0.6 is 0 Å². The molecule has 0 fully saturated rings. The van der Waals surface area contributed by atoms with Gasteiger partial charge in [0.1, 0.15) is 0 Å². The number of amides is 1. The van der Waals surface area contributed by atoms with E-state index in [4.69, 9.17) is 9.88 Å². The number of nitrogens with one attached hydrogen (secondary N) is 1. The fourth-order valence-electron chi connectivity index (χ4n) is 1.55. The number of primary sulfonamides is 1. The number of carbonyl (C=O) groups excluding carboxylic acids is 1. The average molecular weight is 286 g/mol. The number of nitrogens with two attached hydrogens (primary N) is 1. The van der Waals surface area contributed by atoms with E-state index < -0.39 is 10.0 Å². The van der Waals surface area contributed by atoms with Crippen LogP contribution < -0.4 is 10.5 Å². The van der Waals surface area contributed by atoms with Gasteiger partial charge in [-0.15, -0.1) is 0 Å². The van der Waals surface area contributed by atoms with E-state index in [1.807, 2.05) is 13.8 Å². The monoisotopic (exact) mass is 286 g/mol. The van der Waals surface area contributed by atoms with Gasteiger partial charge in [0.15, 0.2) is 0 Å². The van der Waals surface area contributed by atoms with Crippen molar-refractivity contribution in [2.45, 2.75) is 31.4 Å². The highest BCUT2D eigenvalue weighted by Gasteiger charge is 2.15. The average Bonchev–Trinajstić information content (AvgIpc) is 2.27. The van der Waals surface area contributed by atoms with Gasteiger partial charge in [-0.05, 0) is 37.6 Å². The lowest BCUT2D eigenvalue weighted by molar-refractivity contribution is 0.0942. The zero-order chi connectivity index (χ0) is 14.6. The number of rotatable bonds is 5. The van der Waals surface area contributed by atoms with Crippen LogP contribution in [0.25, 0.3) is 0 Å². The standard InChI is InChI=1S/C12H18N2O4S/c1-8(2)14-12(15)10-4-9(7-18-3)5-11(6-10)19(13,16)17/h4-6,8H,7H2,1-3H3,(H,14,15)(H2,13,16,17). The second kappa shape index (κ2) is 6.14. The number of carbonyl (C=O) groups is 1. The summed E-state index contributed by atoms with van der Waals surface area (Å²) in [7, 11) is -2.38. The first-order valence-corrected chi connectivity index (χ1v) is 7.25. The number of hydrogen-bond acceptors (Lipinski definition) is 4. The topological polar surface area (TPSA) is 98.5 Å². The molecular weight excluding hydrogens is 268 g/mol. The summed E-state index contributed by atoms with van der Waals surface area (Å²) in [6.45, 7) is 3.83. The predicted molar refractivity (Wildman–Crippen MR) is 71.1 cm³/mol. The molecule has 0 unspecified atom stereocenters. The van der Waals surface area contributed by atoms with E-state index in [1.165, 1.54) is 19.2 Å². The van der Waals surface area contributed by atoms with Crippen molar-refractivity contribution in [3.05, 3.63) is 29.3 Å². The number of hydrogen-bond donors (Lipinski definition) is 2. The first-order valence-electron chi connectivity index (χ1n) is 5.70. The summed E-state index contributed by atoms with van der Waals surface area (Å²) >= 11 is 0. The molecule has 1 rings (SSSR count). The fourth-order valence-corrected chi connectivity index (χ4v) is 2.16. The summed E-state index contributed by atoms with van der Waals surface area (Å²) in [5, 5.41) is 7.78. The van der Waals surface area contributed by atoms with Crippen molar-refractivity contribution in [2.75, 3.05) is 7.11 Å². The molecule has 0 spiro atoms. The fraction of sp³-hybridized carbons (Fsp3) is 0.417. The van der Waals surface area contributed by atoms with Crippen LogP contribution in [0.1, 0.15) is 29.8 Å². The van der Waals surface area contributed by atoms with E-state index in [2.05, 4.69) is 5.32 Å². The highest BCUT2D eigenvalue weighted by Crippen LogP contribution is 2.15. The van der Waals surface area contributed by atoms with Crippen LogP contribution in [0.5, 0.6) is 0 Å². The second-order valence-electron chi connectivity index (χ2n) is 4.47. The molecule has 0 atom stereocenters. The molecule has 0 aromatic heterocycles. The largest absolute Gasteiger partial charge is 0.380 e. The van der Waals surface area contributed by atoms with Gasteiger partial charge in [0.2, 0.25) is 10.0 Å². The third kappa shape index (κ3) is 4.62. The van der Waals surface area contributed by atoms with Gasteiger partial charge in [0.05, 0.1) is 11.5 Å². The van der Waals surface area contributed by atoms with Crippen molar-refractivity contribution in [2.24, 2.45) is 5.14 Å². The quantitative estimate of drug-likeness (QED) is 0.829. The maximum Gasteiger partial charge on any atom is 0.251 e. The predicted octanol–water partition coefficient (Wildman–Crippen LogP) is 0.619. The third-order valence-electron chi connectivity index (χ3n) is 2.29. The Labute approximate surface area is 113 Å². The van der Waals surface area contributed by atoms with Crippen LogP contribution in [0.2, 0.25) is 0 Å². The van der Waals surface area contributed by atoms with Gasteiger partial charge >= 0.3 is 0 Å². The Morgan fingerprint density at radius 2 is 2.00 bits per heavy atom. The van der Waals surface area contributed by atoms with E-state index in [0.29, 0.717) is 5.56 Å². The Kier molecular flexibility index (Phi) is 5.04. The lowest BCUT2D eigenvalue weighted by Gasteiger charge is -2.11. The molecule has 0 saturated carbocycles. The molecule has 0 aliphatic heterocycles. The van der Waals surface area contributed by atoms with Gasteiger partial charge < -0.3 is 10.1 Å². The van der Waals surface area contributed by atoms with Crippen LogP contribution in [0.15, 0.2) is 23.1 Å². The van der Waals surface area contributed by atoms with Crippen molar-refractivity contribution in [1.82, 2.24) is 5.32 Å². The lowest BCUT2D eigenvalue weighted by atomic mass is 10.1. The van der Waals surface area contributed by atoms with Gasteiger partial charge in [-0.2, -0.15) is 0 Å². The van der Waals surface area contributed by atoms with Gasteiger partial charge in [-0.25, -0.2) is 13.6 Å². The first kappa shape index (κ1) is 15.6. The molecular formula is C12H18N2O4S. The molecule has 0 aliphatic carbocycles. The summed E-state index contributed by atoms with van der Waals surface area (Å²) in [5.41, 5.74) is 0.815. The Morgan fingerprint density at radius 1 is 1.37 bits per heavy atom. The number of methoxy groups -OCH3 is 1. The van der Waals surface area contributed by atoms with Gasteiger partial charge in [-0.3, -0.25) is 4.79 Å². The van der Waals surface area contributed by atoms with E-state index in [1.54, 1.807) is 6.07 Å². The Bertz CT molecular complexity index is 567. The molecule has 7 heteroatoms. The van der Waals surface area contributed by atoms with Gasteiger partial charge in [0, 0.05) is 18.7 Å². The van der Waals surface area contributed by atoms with Crippen molar-refractivity contribution in [3.63, 3.8) is 0 Å². The second-order valence-corrected chi connectivity index (χ2v) is 6.03. The SMILES string of the molecule is COCc1cc(C(=O)NC(C)C)cc(S(N)(=O)=O)c1. The summed E-state index contributed by atoms with van der Waals surface area (Å²) in [5.74, 6) is -0.349. The molecule has 0 radical (unpaired) electrons. The van der Waals surface area contributed by atoms with Crippen molar-refractivity contribution < 1.29 is 17.9 Å². The van der Waals surface area contributed by atoms with E-state index >= 15 is 0 Å². The van der Waals surface area contributed by atoms with Crippen LogP contribution in [-0.2, 0) is 21.4 Å². The minimum absolute atomic E-state index is 0.0449. The molecule has 1 amide bonds. The van der Waals surface area contributed by atoms with Crippen molar-refractivity contribution >= 4 is 15.9 Å². The minimum Gasteiger partial charge on any atom is -0.380 e. The molecule has 0 bridgehead atoms. The smallest absolute Gasteiger partial charge is 0.251 e. The first-order chi connectivity index (χ1) is 8.74. The minimum atomic E-state index is -3.86. The van der Waals surface area contributed by atoms with Crippen LogP contribution in [0.4, 0.5) is 0 Å². The zero-order valence-corrected chi connectivity index (χ0v) is 12.0. The molecule has 0 aliphatic rings. The van der Waals surface area contributed by atoms with Crippen LogP contribution in [0.3, 0.4) is 0 Å². The summed E-state index contributed by atoms with van der Waals surface area (Å²) in [6.07, 6.45) is 0. The lowest BCUT2D eigenvalue weighted by Crippen LogP contribution is -2.30. The number of benzene rings is 1. The van der Waals surface area contributed by atoms with E-state index in [9.17, 15) is 13.2 Å². The summed E-state index contributed by atoms with van der Waals surface area (Å²) in [6, 6.07) is 4.18.